The summed E-state index contributed by atoms with van der Waals surface area (Å²) < 4.78 is 39.2. The van der Waals surface area contributed by atoms with Gasteiger partial charge in [0.1, 0.15) is 5.82 Å². The van der Waals surface area contributed by atoms with E-state index in [4.69, 9.17) is 0 Å². The minimum absolute atomic E-state index is 0.0386. The van der Waals surface area contributed by atoms with E-state index in [1.165, 1.54) is 13.1 Å². The first-order chi connectivity index (χ1) is 14.2. The molecule has 2 amide bonds. The van der Waals surface area contributed by atoms with Crippen molar-refractivity contribution in [1.82, 2.24) is 19.6 Å². The van der Waals surface area contributed by atoms with Crippen LogP contribution in [-0.4, -0.2) is 57.6 Å². The fraction of sp³-hybridized carbons (Fsp3) is 0.350. The summed E-state index contributed by atoms with van der Waals surface area (Å²) in [5.41, 5.74) is 0.260. The minimum atomic E-state index is -4.58. The number of nitrogens with one attached hydrogen (secondary N) is 1. The zero-order chi connectivity index (χ0) is 21.9. The molecule has 30 heavy (non-hydrogen) atoms. The standard InChI is InChI=1S/C20H22F3N5O2/c1-3-18(29)28-10-8-27(9-11-28)13-14-4-6-15(7-5-14)19(30)24-17-12-16(20(21,22)23)25-26(17)2/h3-7,12H,1,8-11,13H2,2H3,(H,24,30). The molecule has 7 nitrogen and oxygen atoms in total. The highest BCUT2D eigenvalue weighted by molar-refractivity contribution is 6.03. The number of benzene rings is 1. The summed E-state index contributed by atoms with van der Waals surface area (Å²) in [5, 5.41) is 5.82. The molecule has 1 N–H and O–H groups in total. The van der Waals surface area contributed by atoms with Gasteiger partial charge in [0.25, 0.3) is 5.91 Å². The summed E-state index contributed by atoms with van der Waals surface area (Å²) >= 11 is 0. The molecule has 0 atom stereocenters. The lowest BCUT2D eigenvalue weighted by Gasteiger charge is -2.34. The third kappa shape index (κ3) is 5.07. The Morgan fingerprint density at radius 3 is 2.33 bits per heavy atom. The number of nitrogens with zero attached hydrogens (tertiary/aromatic N) is 4. The third-order valence-electron chi connectivity index (χ3n) is 4.89. The van der Waals surface area contributed by atoms with Gasteiger partial charge in [0, 0.05) is 51.4 Å². The van der Waals surface area contributed by atoms with Crippen LogP contribution in [0.1, 0.15) is 21.6 Å². The Kier molecular flexibility index (Phi) is 6.25. The van der Waals surface area contributed by atoms with Crippen molar-refractivity contribution in [2.45, 2.75) is 12.7 Å². The van der Waals surface area contributed by atoms with Crippen LogP contribution < -0.4 is 5.32 Å². The molecule has 1 aliphatic heterocycles. The number of aromatic nitrogens is 2. The van der Waals surface area contributed by atoms with Gasteiger partial charge in [-0.05, 0) is 23.8 Å². The molecule has 10 heteroatoms. The van der Waals surface area contributed by atoms with E-state index in [9.17, 15) is 22.8 Å². The van der Waals surface area contributed by atoms with E-state index in [-0.39, 0.29) is 11.7 Å². The Bertz CT molecular complexity index is 929. The highest BCUT2D eigenvalue weighted by atomic mass is 19.4. The van der Waals surface area contributed by atoms with E-state index in [0.717, 1.165) is 29.4 Å². The minimum Gasteiger partial charge on any atom is -0.337 e. The predicted octanol–water partition coefficient (Wildman–Crippen LogP) is 2.52. The first-order valence-corrected chi connectivity index (χ1v) is 9.32. The highest BCUT2D eigenvalue weighted by Crippen LogP contribution is 2.29. The first-order valence-electron chi connectivity index (χ1n) is 9.32. The summed E-state index contributed by atoms with van der Waals surface area (Å²) in [6, 6.07) is 7.66. The fourth-order valence-corrected chi connectivity index (χ4v) is 3.19. The Hall–Kier alpha value is -3.14. The number of carbonyl (C=O) groups is 2. The lowest BCUT2D eigenvalue weighted by molar-refractivity contribution is -0.141. The predicted molar refractivity (Wildman–Crippen MR) is 105 cm³/mol. The Balaban J connectivity index is 1.57. The SMILES string of the molecule is C=CC(=O)N1CCN(Cc2ccc(C(=O)Nc3cc(C(F)(F)F)nn3C)cc2)CC1. The van der Waals surface area contributed by atoms with Gasteiger partial charge >= 0.3 is 6.18 Å². The van der Waals surface area contributed by atoms with E-state index in [1.807, 2.05) is 0 Å². The van der Waals surface area contributed by atoms with E-state index in [0.29, 0.717) is 25.2 Å². The number of aryl methyl sites for hydroxylation is 1. The number of halogens is 3. The summed E-state index contributed by atoms with van der Waals surface area (Å²) in [6.45, 7) is 6.92. The molecule has 0 saturated carbocycles. The number of hydrogen-bond acceptors (Lipinski definition) is 4. The van der Waals surface area contributed by atoms with Crippen LogP contribution in [0.15, 0.2) is 43.0 Å². The summed E-state index contributed by atoms with van der Waals surface area (Å²) in [4.78, 5) is 27.9. The number of amides is 2. The molecule has 2 heterocycles. The van der Waals surface area contributed by atoms with Crippen LogP contribution in [0, 0.1) is 0 Å². The van der Waals surface area contributed by atoms with Crippen LogP contribution in [0.25, 0.3) is 0 Å². The second-order valence-electron chi connectivity index (χ2n) is 6.99. The van der Waals surface area contributed by atoms with Crippen molar-refractivity contribution in [1.29, 1.82) is 0 Å². The Morgan fingerprint density at radius 2 is 1.80 bits per heavy atom. The molecular weight excluding hydrogens is 399 g/mol. The van der Waals surface area contributed by atoms with E-state index in [1.54, 1.807) is 29.2 Å². The topological polar surface area (TPSA) is 70.5 Å². The van der Waals surface area contributed by atoms with Crippen molar-refractivity contribution in [3.05, 3.63) is 59.8 Å². The fourth-order valence-electron chi connectivity index (χ4n) is 3.19. The molecule has 0 bridgehead atoms. The molecule has 160 valence electrons. The summed E-state index contributed by atoms with van der Waals surface area (Å²) in [5.74, 6) is -0.626. The van der Waals surface area contributed by atoms with Crippen molar-refractivity contribution >= 4 is 17.6 Å². The molecule has 2 aromatic rings. The molecule has 0 unspecified atom stereocenters. The molecular formula is C20H22F3N5O2. The van der Waals surface area contributed by atoms with Crippen molar-refractivity contribution < 1.29 is 22.8 Å². The van der Waals surface area contributed by atoms with E-state index >= 15 is 0 Å². The van der Waals surface area contributed by atoms with Crippen molar-refractivity contribution in [3.63, 3.8) is 0 Å². The normalized spacial score (nSPS) is 15.1. The Labute approximate surface area is 171 Å². The van der Waals surface area contributed by atoms with Gasteiger partial charge in [-0.25, -0.2) is 0 Å². The van der Waals surface area contributed by atoms with Crippen molar-refractivity contribution in [2.24, 2.45) is 7.05 Å². The van der Waals surface area contributed by atoms with Crippen LogP contribution in [0.3, 0.4) is 0 Å². The molecule has 1 saturated heterocycles. The van der Waals surface area contributed by atoms with Gasteiger partial charge in [-0.1, -0.05) is 18.7 Å². The van der Waals surface area contributed by atoms with Crippen LogP contribution in [-0.2, 0) is 24.6 Å². The van der Waals surface area contributed by atoms with Gasteiger partial charge in [-0.15, -0.1) is 0 Å². The van der Waals surface area contributed by atoms with E-state index < -0.39 is 17.8 Å². The lowest BCUT2D eigenvalue weighted by atomic mass is 10.1. The van der Waals surface area contributed by atoms with Crippen LogP contribution in [0.5, 0.6) is 0 Å². The second-order valence-corrected chi connectivity index (χ2v) is 6.99. The maximum absolute atomic E-state index is 12.7. The number of alkyl halides is 3. The molecule has 1 aromatic heterocycles. The van der Waals surface area contributed by atoms with E-state index in [2.05, 4.69) is 21.9 Å². The number of rotatable bonds is 5. The van der Waals surface area contributed by atoms with Crippen LogP contribution in [0.2, 0.25) is 0 Å². The molecule has 0 aliphatic carbocycles. The number of hydrogen-bond donors (Lipinski definition) is 1. The Morgan fingerprint density at radius 1 is 1.17 bits per heavy atom. The zero-order valence-electron chi connectivity index (χ0n) is 16.4. The zero-order valence-corrected chi connectivity index (χ0v) is 16.4. The average Bonchev–Trinajstić information content (AvgIpc) is 3.09. The molecule has 0 radical (unpaired) electrons. The van der Waals surface area contributed by atoms with Gasteiger partial charge in [-0.2, -0.15) is 18.3 Å². The number of piperazine rings is 1. The summed E-state index contributed by atoms with van der Waals surface area (Å²) in [6.07, 6.45) is -3.26. The molecule has 0 spiro atoms. The van der Waals surface area contributed by atoms with Crippen LogP contribution in [0.4, 0.5) is 19.0 Å². The third-order valence-corrected chi connectivity index (χ3v) is 4.89. The monoisotopic (exact) mass is 421 g/mol. The largest absolute Gasteiger partial charge is 0.435 e. The smallest absolute Gasteiger partial charge is 0.337 e. The van der Waals surface area contributed by atoms with Crippen LogP contribution >= 0.6 is 0 Å². The van der Waals surface area contributed by atoms with Gasteiger partial charge < -0.3 is 10.2 Å². The van der Waals surface area contributed by atoms with Gasteiger partial charge in [0.15, 0.2) is 5.69 Å². The molecule has 1 aromatic carbocycles. The number of carbonyl (C=O) groups excluding carboxylic acids is 2. The van der Waals surface area contributed by atoms with Crippen molar-refractivity contribution in [3.8, 4) is 0 Å². The van der Waals surface area contributed by atoms with Crippen molar-refractivity contribution in [2.75, 3.05) is 31.5 Å². The maximum atomic E-state index is 12.7. The second kappa shape index (κ2) is 8.70. The average molecular weight is 421 g/mol. The lowest BCUT2D eigenvalue weighted by Crippen LogP contribution is -2.47. The van der Waals surface area contributed by atoms with Gasteiger partial charge in [0.05, 0.1) is 0 Å². The summed E-state index contributed by atoms with van der Waals surface area (Å²) in [7, 11) is 1.33. The molecule has 1 aliphatic rings. The van der Waals surface area contributed by atoms with Gasteiger partial charge in [0.2, 0.25) is 5.91 Å². The number of anilines is 1. The molecule has 1 fully saturated rings. The maximum Gasteiger partial charge on any atom is 0.435 e. The quantitative estimate of drug-likeness (QED) is 0.754. The highest BCUT2D eigenvalue weighted by Gasteiger charge is 2.34. The molecule has 3 rings (SSSR count). The van der Waals surface area contributed by atoms with Gasteiger partial charge in [-0.3, -0.25) is 19.2 Å². The first kappa shape index (κ1) is 21.6.